The van der Waals surface area contributed by atoms with Crippen molar-refractivity contribution in [3.05, 3.63) is 0 Å². The number of aliphatic hydroxyl groups is 1. The van der Waals surface area contributed by atoms with Crippen molar-refractivity contribution in [3.8, 4) is 0 Å². The molecule has 3 N–H and O–H groups in total. The van der Waals surface area contributed by atoms with Crippen molar-refractivity contribution in [2.45, 2.75) is 70.1 Å². The summed E-state index contributed by atoms with van der Waals surface area (Å²) in [6.07, 6.45) is 8.73. The maximum Gasteiger partial charge on any atom is 0.0512 e. The molecule has 0 amide bonds. The highest BCUT2D eigenvalue weighted by Gasteiger charge is 2.34. The molecule has 1 heterocycles. The first-order chi connectivity index (χ1) is 8.27. The zero-order valence-corrected chi connectivity index (χ0v) is 11.1. The van der Waals surface area contributed by atoms with E-state index in [0.29, 0.717) is 0 Å². The molecule has 2 rings (SSSR count). The molecular formula is C14H28N2O. The van der Waals surface area contributed by atoms with Crippen molar-refractivity contribution >= 4 is 0 Å². The maximum atomic E-state index is 9.23. The summed E-state index contributed by atoms with van der Waals surface area (Å²) in [6.45, 7) is 4.16. The van der Waals surface area contributed by atoms with E-state index in [9.17, 15) is 5.11 Å². The summed E-state index contributed by atoms with van der Waals surface area (Å²) in [6, 6.07) is 1.49. The van der Waals surface area contributed by atoms with Crippen LogP contribution in [-0.2, 0) is 0 Å². The normalized spacial score (nSPS) is 35.3. The second kappa shape index (κ2) is 6.72. The molecule has 100 valence electrons. The van der Waals surface area contributed by atoms with Crippen LogP contribution in [0.25, 0.3) is 0 Å². The summed E-state index contributed by atoms with van der Waals surface area (Å²) < 4.78 is 0. The Morgan fingerprint density at radius 2 is 2.18 bits per heavy atom. The fourth-order valence-electron chi connectivity index (χ4n) is 3.49. The molecule has 1 aliphatic heterocycles. The van der Waals surface area contributed by atoms with E-state index in [0.717, 1.165) is 37.4 Å². The van der Waals surface area contributed by atoms with Crippen LogP contribution in [0.4, 0.5) is 0 Å². The van der Waals surface area contributed by atoms with Gasteiger partial charge in [0.25, 0.3) is 0 Å². The van der Waals surface area contributed by atoms with Crippen LogP contribution in [0.1, 0.15) is 51.9 Å². The summed E-state index contributed by atoms with van der Waals surface area (Å²) in [7, 11) is 0. The molecule has 0 spiro atoms. The van der Waals surface area contributed by atoms with Gasteiger partial charge in [-0.05, 0) is 64.5 Å². The van der Waals surface area contributed by atoms with Crippen LogP contribution in [0.3, 0.4) is 0 Å². The van der Waals surface area contributed by atoms with Gasteiger partial charge in [-0.2, -0.15) is 0 Å². The standard InChI is InChI=1S/C14H28N2O/c1-11(17)5-3-9-15-13-7-2-6-12(13)14-8-4-10-16-14/h11-17H,2-10H2,1H3. The molecule has 0 aromatic carbocycles. The van der Waals surface area contributed by atoms with E-state index in [1.54, 1.807) is 0 Å². The molecule has 3 heteroatoms. The Balaban J connectivity index is 1.68. The van der Waals surface area contributed by atoms with Gasteiger partial charge in [-0.1, -0.05) is 6.42 Å². The van der Waals surface area contributed by atoms with Gasteiger partial charge in [-0.25, -0.2) is 0 Å². The van der Waals surface area contributed by atoms with Crippen LogP contribution in [0, 0.1) is 5.92 Å². The first-order valence-electron chi connectivity index (χ1n) is 7.42. The quantitative estimate of drug-likeness (QED) is 0.619. The van der Waals surface area contributed by atoms with Gasteiger partial charge in [0.2, 0.25) is 0 Å². The molecule has 4 atom stereocenters. The third-order valence-electron chi connectivity index (χ3n) is 4.39. The molecule has 0 bridgehead atoms. The van der Waals surface area contributed by atoms with Crippen LogP contribution < -0.4 is 10.6 Å². The van der Waals surface area contributed by atoms with Gasteiger partial charge >= 0.3 is 0 Å². The second-order valence-corrected chi connectivity index (χ2v) is 5.85. The molecule has 4 unspecified atom stereocenters. The van der Waals surface area contributed by atoms with Gasteiger partial charge in [0.05, 0.1) is 6.10 Å². The minimum Gasteiger partial charge on any atom is -0.393 e. The molecule has 1 saturated carbocycles. The van der Waals surface area contributed by atoms with Crippen molar-refractivity contribution in [3.63, 3.8) is 0 Å². The van der Waals surface area contributed by atoms with E-state index >= 15 is 0 Å². The Morgan fingerprint density at radius 3 is 2.88 bits per heavy atom. The van der Waals surface area contributed by atoms with Crippen molar-refractivity contribution in [2.75, 3.05) is 13.1 Å². The van der Waals surface area contributed by atoms with Crippen LogP contribution in [0.2, 0.25) is 0 Å². The number of aliphatic hydroxyl groups excluding tert-OH is 1. The monoisotopic (exact) mass is 240 g/mol. The molecule has 0 radical (unpaired) electrons. The lowest BCUT2D eigenvalue weighted by Crippen LogP contribution is -2.42. The average molecular weight is 240 g/mol. The zero-order chi connectivity index (χ0) is 12.1. The average Bonchev–Trinajstić information content (AvgIpc) is 2.94. The lowest BCUT2D eigenvalue weighted by molar-refractivity contribution is 0.180. The van der Waals surface area contributed by atoms with Crippen LogP contribution in [0.15, 0.2) is 0 Å². The van der Waals surface area contributed by atoms with Gasteiger partial charge in [0, 0.05) is 12.1 Å². The zero-order valence-electron chi connectivity index (χ0n) is 11.1. The first kappa shape index (κ1) is 13.3. The van der Waals surface area contributed by atoms with E-state index < -0.39 is 0 Å². The minimum atomic E-state index is -0.146. The van der Waals surface area contributed by atoms with Gasteiger partial charge in [-0.3, -0.25) is 0 Å². The fraction of sp³-hybridized carbons (Fsp3) is 1.00. The third kappa shape index (κ3) is 3.94. The molecule has 0 aromatic rings. The Kier molecular flexibility index (Phi) is 5.26. The predicted octanol–water partition coefficient (Wildman–Crippen LogP) is 1.66. The van der Waals surface area contributed by atoms with Crippen molar-refractivity contribution in [1.29, 1.82) is 0 Å². The lowest BCUT2D eigenvalue weighted by atomic mass is 9.93. The summed E-state index contributed by atoms with van der Waals surface area (Å²) in [5.74, 6) is 0.851. The molecular weight excluding hydrogens is 212 g/mol. The Hall–Kier alpha value is -0.120. The summed E-state index contributed by atoms with van der Waals surface area (Å²) >= 11 is 0. The minimum absolute atomic E-state index is 0.146. The van der Waals surface area contributed by atoms with E-state index in [4.69, 9.17) is 0 Å². The lowest BCUT2D eigenvalue weighted by Gasteiger charge is -2.26. The van der Waals surface area contributed by atoms with E-state index in [-0.39, 0.29) is 6.10 Å². The molecule has 17 heavy (non-hydrogen) atoms. The number of hydrogen-bond acceptors (Lipinski definition) is 3. The topological polar surface area (TPSA) is 44.3 Å². The first-order valence-corrected chi connectivity index (χ1v) is 7.42. The van der Waals surface area contributed by atoms with E-state index in [1.165, 1.54) is 38.6 Å². The Bertz CT molecular complexity index is 214. The highest BCUT2D eigenvalue weighted by molar-refractivity contribution is 4.93. The predicted molar refractivity (Wildman–Crippen MR) is 71.1 cm³/mol. The van der Waals surface area contributed by atoms with E-state index in [2.05, 4.69) is 10.6 Å². The molecule has 2 fully saturated rings. The Labute approximate surface area is 105 Å². The van der Waals surface area contributed by atoms with Gasteiger partial charge < -0.3 is 15.7 Å². The highest BCUT2D eigenvalue weighted by Crippen LogP contribution is 2.31. The Morgan fingerprint density at radius 1 is 1.29 bits per heavy atom. The van der Waals surface area contributed by atoms with E-state index in [1.807, 2.05) is 6.92 Å². The molecule has 2 aliphatic rings. The van der Waals surface area contributed by atoms with Crippen molar-refractivity contribution in [1.82, 2.24) is 10.6 Å². The van der Waals surface area contributed by atoms with Crippen LogP contribution >= 0.6 is 0 Å². The molecule has 0 aromatic heterocycles. The summed E-state index contributed by atoms with van der Waals surface area (Å²) in [5.41, 5.74) is 0. The SMILES string of the molecule is CC(O)CCCNC1CCCC1C1CCCN1. The van der Waals surface area contributed by atoms with Gasteiger partial charge in [-0.15, -0.1) is 0 Å². The summed E-state index contributed by atoms with van der Waals surface area (Å²) in [4.78, 5) is 0. The molecule has 3 nitrogen and oxygen atoms in total. The maximum absolute atomic E-state index is 9.23. The highest BCUT2D eigenvalue weighted by atomic mass is 16.3. The summed E-state index contributed by atoms with van der Waals surface area (Å²) in [5, 5.41) is 16.6. The third-order valence-corrected chi connectivity index (χ3v) is 4.39. The van der Waals surface area contributed by atoms with Crippen LogP contribution in [-0.4, -0.2) is 36.4 Å². The number of rotatable bonds is 6. The molecule has 1 saturated heterocycles. The second-order valence-electron chi connectivity index (χ2n) is 5.85. The number of hydrogen-bond donors (Lipinski definition) is 3. The smallest absolute Gasteiger partial charge is 0.0512 e. The van der Waals surface area contributed by atoms with Crippen molar-refractivity contribution < 1.29 is 5.11 Å². The van der Waals surface area contributed by atoms with Gasteiger partial charge in [0.15, 0.2) is 0 Å². The largest absolute Gasteiger partial charge is 0.393 e. The van der Waals surface area contributed by atoms with Crippen LogP contribution in [0.5, 0.6) is 0 Å². The fourth-order valence-corrected chi connectivity index (χ4v) is 3.49. The molecule has 1 aliphatic carbocycles. The number of nitrogens with one attached hydrogen (secondary N) is 2. The van der Waals surface area contributed by atoms with Crippen molar-refractivity contribution in [2.24, 2.45) is 5.92 Å². The van der Waals surface area contributed by atoms with Gasteiger partial charge in [0.1, 0.15) is 0 Å².